The molecule has 2 N–H and O–H groups in total. The summed E-state index contributed by atoms with van der Waals surface area (Å²) in [5.41, 5.74) is 5.80. The third-order valence-electron chi connectivity index (χ3n) is 2.11. The first-order chi connectivity index (χ1) is 8.33. The zero-order valence-electron chi connectivity index (χ0n) is 9.79. The van der Waals surface area contributed by atoms with Crippen LogP contribution in [0.3, 0.4) is 0 Å². The topological polar surface area (TPSA) is 52.3 Å². The van der Waals surface area contributed by atoms with Gasteiger partial charge in [0.25, 0.3) is 0 Å². The minimum Gasteiger partial charge on any atom is -0.494 e. The number of anilines is 1. The van der Waals surface area contributed by atoms with Crippen molar-refractivity contribution >= 4 is 16.5 Å². The Hall–Kier alpha value is -1.24. The molecule has 0 fully saturated rings. The summed E-state index contributed by atoms with van der Waals surface area (Å²) >= 11 is 0. The molecule has 1 rings (SSSR count). The molecule has 0 saturated heterocycles. The predicted octanol–water partition coefficient (Wildman–Crippen LogP) is 2.73. The van der Waals surface area contributed by atoms with E-state index in [-0.39, 0.29) is 10.6 Å². The molecule has 7 heteroatoms. The van der Waals surface area contributed by atoms with Crippen LogP contribution in [0, 0.1) is 0 Å². The second-order valence-corrected chi connectivity index (χ2v) is 5.09. The number of ether oxygens (including phenoxy) is 1. The molecular formula is C11H14F3NO2S. The summed E-state index contributed by atoms with van der Waals surface area (Å²) in [5, 5.41) is 0. The largest absolute Gasteiger partial charge is 0.494 e. The molecule has 1 aromatic carbocycles. The summed E-state index contributed by atoms with van der Waals surface area (Å²) < 4.78 is 53.1. The number of nitrogens with two attached hydrogens (primary N) is 1. The molecule has 1 unspecified atom stereocenters. The van der Waals surface area contributed by atoms with E-state index in [0.717, 1.165) is 0 Å². The fourth-order valence-electron chi connectivity index (χ4n) is 1.29. The highest BCUT2D eigenvalue weighted by Gasteiger charge is 2.28. The summed E-state index contributed by atoms with van der Waals surface area (Å²) in [5.74, 6) is -0.0504. The number of alkyl halides is 3. The van der Waals surface area contributed by atoms with Gasteiger partial charge in [0.1, 0.15) is 5.75 Å². The van der Waals surface area contributed by atoms with E-state index in [2.05, 4.69) is 0 Å². The van der Waals surface area contributed by atoms with E-state index < -0.39 is 29.1 Å². The molecule has 3 nitrogen and oxygen atoms in total. The molecule has 18 heavy (non-hydrogen) atoms. The van der Waals surface area contributed by atoms with Crippen molar-refractivity contribution in [1.82, 2.24) is 0 Å². The van der Waals surface area contributed by atoms with Crippen molar-refractivity contribution in [3.05, 3.63) is 18.2 Å². The van der Waals surface area contributed by atoms with Gasteiger partial charge in [0, 0.05) is 11.4 Å². The number of hydrogen-bond donors (Lipinski definition) is 1. The van der Waals surface area contributed by atoms with Crippen molar-refractivity contribution in [2.45, 2.75) is 24.4 Å². The van der Waals surface area contributed by atoms with Gasteiger partial charge < -0.3 is 10.5 Å². The van der Waals surface area contributed by atoms with Crippen LogP contribution in [0.1, 0.15) is 13.3 Å². The number of halogens is 3. The van der Waals surface area contributed by atoms with E-state index in [0.29, 0.717) is 12.4 Å². The molecular weight excluding hydrogens is 267 g/mol. The Morgan fingerprint density at radius 1 is 1.39 bits per heavy atom. The van der Waals surface area contributed by atoms with Crippen LogP contribution in [0.2, 0.25) is 0 Å². The van der Waals surface area contributed by atoms with E-state index in [9.17, 15) is 17.4 Å². The van der Waals surface area contributed by atoms with Gasteiger partial charge in [-0.25, -0.2) is 0 Å². The van der Waals surface area contributed by atoms with Crippen molar-refractivity contribution in [3.8, 4) is 5.75 Å². The van der Waals surface area contributed by atoms with Gasteiger partial charge in [-0.3, -0.25) is 4.21 Å². The Labute approximate surface area is 106 Å². The lowest BCUT2D eigenvalue weighted by Crippen LogP contribution is -2.13. The van der Waals surface area contributed by atoms with Crippen LogP contribution in [0.5, 0.6) is 5.75 Å². The van der Waals surface area contributed by atoms with Crippen LogP contribution in [0.15, 0.2) is 23.1 Å². The van der Waals surface area contributed by atoms with Gasteiger partial charge in [-0.1, -0.05) is 0 Å². The highest BCUT2D eigenvalue weighted by Crippen LogP contribution is 2.26. The fourth-order valence-corrected chi connectivity index (χ4v) is 2.50. The maximum absolute atomic E-state index is 12.0. The third kappa shape index (κ3) is 4.56. The summed E-state index contributed by atoms with van der Waals surface area (Å²) in [6.45, 7) is 2.19. The number of hydrogen-bond acceptors (Lipinski definition) is 3. The van der Waals surface area contributed by atoms with Crippen LogP contribution >= 0.6 is 0 Å². The normalized spacial score (nSPS) is 13.3. The van der Waals surface area contributed by atoms with Crippen LogP contribution < -0.4 is 10.5 Å². The Balaban J connectivity index is 2.81. The molecule has 0 amide bonds. The monoisotopic (exact) mass is 281 g/mol. The standard InChI is InChI=1S/C11H14F3NO2S/c1-2-17-8-3-4-9(15)10(7-8)18(16)6-5-11(12,13)14/h3-4,7H,2,5-6,15H2,1H3. The molecule has 0 spiro atoms. The summed E-state index contributed by atoms with van der Waals surface area (Å²) in [7, 11) is -1.78. The SMILES string of the molecule is CCOc1ccc(N)c(S(=O)CCC(F)(F)F)c1. The second-order valence-electron chi connectivity index (χ2n) is 3.55. The Kier molecular flexibility index (Phi) is 5.01. The zero-order valence-corrected chi connectivity index (χ0v) is 10.6. The smallest absolute Gasteiger partial charge is 0.390 e. The van der Waals surface area contributed by atoms with Gasteiger partial charge in [-0.2, -0.15) is 13.2 Å². The van der Waals surface area contributed by atoms with E-state index in [1.165, 1.54) is 12.1 Å². The summed E-state index contributed by atoms with van der Waals surface area (Å²) in [6.07, 6.45) is -5.42. The minimum atomic E-state index is -4.32. The maximum atomic E-state index is 12.0. The van der Waals surface area contributed by atoms with Crippen molar-refractivity contribution < 1.29 is 22.1 Å². The maximum Gasteiger partial charge on any atom is 0.390 e. The number of rotatable bonds is 5. The quantitative estimate of drug-likeness (QED) is 0.844. The van der Waals surface area contributed by atoms with E-state index >= 15 is 0 Å². The van der Waals surface area contributed by atoms with E-state index in [4.69, 9.17) is 10.5 Å². The van der Waals surface area contributed by atoms with Gasteiger partial charge in [0.05, 0.1) is 28.7 Å². The van der Waals surface area contributed by atoms with Crippen molar-refractivity contribution in [1.29, 1.82) is 0 Å². The Bertz CT molecular complexity index is 435. The lowest BCUT2D eigenvalue weighted by Gasteiger charge is -2.10. The molecule has 0 saturated carbocycles. The predicted molar refractivity (Wildman–Crippen MR) is 64.0 cm³/mol. The zero-order chi connectivity index (χ0) is 13.8. The van der Waals surface area contributed by atoms with Crippen LogP contribution in [-0.4, -0.2) is 22.7 Å². The molecule has 102 valence electrons. The fraction of sp³-hybridized carbons (Fsp3) is 0.455. The lowest BCUT2D eigenvalue weighted by atomic mass is 10.3. The molecule has 0 aliphatic rings. The number of nitrogen functional groups attached to an aromatic ring is 1. The van der Waals surface area contributed by atoms with Gasteiger partial charge >= 0.3 is 6.18 Å². The van der Waals surface area contributed by atoms with Crippen LogP contribution in [0.25, 0.3) is 0 Å². The third-order valence-corrected chi connectivity index (χ3v) is 3.53. The van der Waals surface area contributed by atoms with Gasteiger partial charge in [0.15, 0.2) is 0 Å². The van der Waals surface area contributed by atoms with Gasteiger partial charge in [-0.15, -0.1) is 0 Å². The average Bonchev–Trinajstić information content (AvgIpc) is 2.28. The van der Waals surface area contributed by atoms with Crippen LogP contribution in [0.4, 0.5) is 18.9 Å². The lowest BCUT2D eigenvalue weighted by molar-refractivity contribution is -0.129. The molecule has 0 radical (unpaired) electrons. The van der Waals surface area contributed by atoms with Crippen molar-refractivity contribution in [2.75, 3.05) is 18.1 Å². The first kappa shape index (κ1) is 14.8. The van der Waals surface area contributed by atoms with Crippen LogP contribution in [-0.2, 0) is 10.8 Å². The molecule has 1 atom stereocenters. The molecule has 0 bridgehead atoms. The first-order valence-corrected chi connectivity index (χ1v) is 6.63. The Morgan fingerprint density at radius 3 is 2.61 bits per heavy atom. The highest BCUT2D eigenvalue weighted by atomic mass is 32.2. The highest BCUT2D eigenvalue weighted by molar-refractivity contribution is 7.85. The molecule has 0 aromatic heterocycles. The van der Waals surface area contributed by atoms with E-state index in [1.807, 2.05) is 0 Å². The van der Waals surface area contributed by atoms with Gasteiger partial charge in [-0.05, 0) is 25.1 Å². The first-order valence-electron chi connectivity index (χ1n) is 5.31. The van der Waals surface area contributed by atoms with E-state index in [1.54, 1.807) is 13.0 Å². The number of benzene rings is 1. The molecule has 1 aromatic rings. The molecule has 0 aliphatic heterocycles. The Morgan fingerprint density at radius 2 is 2.06 bits per heavy atom. The van der Waals surface area contributed by atoms with Gasteiger partial charge in [0.2, 0.25) is 0 Å². The summed E-state index contributed by atoms with van der Waals surface area (Å²) in [4.78, 5) is 0.185. The second kappa shape index (κ2) is 6.08. The average molecular weight is 281 g/mol. The molecule has 0 aliphatic carbocycles. The molecule has 0 heterocycles. The summed E-state index contributed by atoms with van der Waals surface area (Å²) in [6, 6.07) is 4.49. The van der Waals surface area contributed by atoms with Crippen molar-refractivity contribution in [3.63, 3.8) is 0 Å². The minimum absolute atomic E-state index is 0.185. The van der Waals surface area contributed by atoms with Crippen molar-refractivity contribution in [2.24, 2.45) is 0 Å².